The van der Waals surface area contributed by atoms with Crippen molar-refractivity contribution >= 4 is 27.6 Å². The monoisotopic (exact) mass is 476 g/mol. The normalized spacial score (nSPS) is 19.6. The van der Waals surface area contributed by atoms with Crippen LogP contribution in [0.3, 0.4) is 0 Å². The predicted octanol–water partition coefficient (Wildman–Crippen LogP) is 4.29. The molecule has 5 nitrogen and oxygen atoms in total. The summed E-state index contributed by atoms with van der Waals surface area (Å²) in [5.41, 5.74) is 1.49. The summed E-state index contributed by atoms with van der Waals surface area (Å²) >= 11 is 3.35. The molecular weight excluding hydrogens is 451 g/mol. The lowest BCUT2D eigenvalue weighted by Crippen LogP contribution is -2.58. The first-order chi connectivity index (χ1) is 14.2. The summed E-state index contributed by atoms with van der Waals surface area (Å²) in [5.74, 6) is -0.0488. The van der Waals surface area contributed by atoms with Crippen LogP contribution in [0.15, 0.2) is 46.9 Å². The van der Waals surface area contributed by atoms with Crippen LogP contribution in [0.1, 0.15) is 36.7 Å². The molecule has 0 radical (unpaired) electrons. The number of amides is 1. The van der Waals surface area contributed by atoms with Gasteiger partial charge < -0.3 is 9.64 Å². The molecule has 1 amide bonds. The van der Waals surface area contributed by atoms with Crippen LogP contribution in [-0.2, 0) is 11.3 Å². The van der Waals surface area contributed by atoms with E-state index in [2.05, 4.69) is 27.8 Å². The fourth-order valence-corrected chi connectivity index (χ4v) is 4.08. The van der Waals surface area contributed by atoms with Crippen LogP contribution in [0.4, 0.5) is 4.39 Å². The summed E-state index contributed by atoms with van der Waals surface area (Å²) in [5, 5.41) is 0. The van der Waals surface area contributed by atoms with E-state index in [-0.39, 0.29) is 36.2 Å². The van der Waals surface area contributed by atoms with Crippen molar-refractivity contribution in [2.75, 3.05) is 19.7 Å². The number of halogens is 2. The highest BCUT2D eigenvalue weighted by atomic mass is 79.9. The van der Waals surface area contributed by atoms with Gasteiger partial charge in [-0.05, 0) is 56.7 Å². The van der Waals surface area contributed by atoms with Crippen molar-refractivity contribution in [2.24, 2.45) is 0 Å². The maximum Gasteiger partial charge on any atom is 0.260 e. The van der Waals surface area contributed by atoms with Crippen LogP contribution in [0.5, 0.6) is 5.75 Å². The van der Waals surface area contributed by atoms with Crippen molar-refractivity contribution in [3.63, 3.8) is 0 Å². The van der Waals surface area contributed by atoms with Crippen LogP contribution >= 0.6 is 15.9 Å². The second kappa shape index (κ2) is 9.71. The van der Waals surface area contributed by atoms with Gasteiger partial charge in [0.05, 0.1) is 5.56 Å². The molecule has 0 spiro atoms. The molecule has 0 aromatic heterocycles. The van der Waals surface area contributed by atoms with E-state index in [1.807, 2.05) is 11.8 Å². The summed E-state index contributed by atoms with van der Waals surface area (Å²) in [6.07, 6.45) is 0. The smallest absolute Gasteiger partial charge is 0.260 e. The minimum Gasteiger partial charge on any atom is -0.483 e. The highest BCUT2D eigenvalue weighted by Gasteiger charge is 2.32. The third-order valence-corrected chi connectivity index (χ3v) is 5.90. The molecule has 30 heavy (non-hydrogen) atoms. The van der Waals surface area contributed by atoms with E-state index in [4.69, 9.17) is 4.74 Å². The van der Waals surface area contributed by atoms with Gasteiger partial charge in [0.15, 0.2) is 12.4 Å². The number of piperazine rings is 1. The Morgan fingerprint density at radius 2 is 1.80 bits per heavy atom. The average Bonchev–Trinajstić information content (AvgIpc) is 2.70. The highest BCUT2D eigenvalue weighted by molar-refractivity contribution is 9.10. The fraction of sp³-hybridized carbons (Fsp3) is 0.391. The van der Waals surface area contributed by atoms with E-state index in [0.717, 1.165) is 16.6 Å². The van der Waals surface area contributed by atoms with Gasteiger partial charge in [-0.15, -0.1) is 0 Å². The molecule has 1 heterocycles. The summed E-state index contributed by atoms with van der Waals surface area (Å²) < 4.78 is 19.6. The minimum absolute atomic E-state index is 0.0231. The van der Waals surface area contributed by atoms with E-state index in [1.54, 1.807) is 30.3 Å². The first kappa shape index (κ1) is 22.4. The maximum atomic E-state index is 13.1. The van der Waals surface area contributed by atoms with Gasteiger partial charge in [0, 0.05) is 36.2 Å². The number of Topliss-reactive ketones (excluding diaryl/α,β-unsaturated/α-hetero) is 1. The van der Waals surface area contributed by atoms with E-state index in [1.165, 1.54) is 19.1 Å². The Kier molecular flexibility index (Phi) is 7.26. The molecule has 2 atom stereocenters. The zero-order chi connectivity index (χ0) is 21.8. The predicted molar refractivity (Wildman–Crippen MR) is 117 cm³/mol. The number of nitrogens with zero attached hydrogens (tertiary/aromatic N) is 2. The number of rotatable bonds is 6. The number of hydrogen-bond donors (Lipinski definition) is 0. The molecule has 2 aromatic rings. The maximum absolute atomic E-state index is 13.1. The van der Waals surface area contributed by atoms with Crippen molar-refractivity contribution in [3.8, 4) is 5.75 Å². The largest absolute Gasteiger partial charge is 0.483 e. The second-order valence-corrected chi connectivity index (χ2v) is 8.70. The van der Waals surface area contributed by atoms with Crippen molar-refractivity contribution < 1.29 is 18.7 Å². The fourth-order valence-electron chi connectivity index (χ4n) is 3.72. The summed E-state index contributed by atoms with van der Waals surface area (Å²) in [6, 6.07) is 11.9. The van der Waals surface area contributed by atoms with Gasteiger partial charge in [-0.25, -0.2) is 4.39 Å². The quantitative estimate of drug-likeness (QED) is 0.583. The third-order valence-electron chi connectivity index (χ3n) is 5.41. The second-order valence-electron chi connectivity index (χ2n) is 7.79. The topological polar surface area (TPSA) is 49.9 Å². The van der Waals surface area contributed by atoms with Gasteiger partial charge in [-0.1, -0.05) is 28.1 Å². The highest BCUT2D eigenvalue weighted by Crippen LogP contribution is 2.24. The van der Waals surface area contributed by atoms with Crippen molar-refractivity contribution in [3.05, 3.63) is 63.9 Å². The lowest BCUT2D eigenvalue weighted by molar-refractivity contribution is -0.139. The lowest BCUT2D eigenvalue weighted by Gasteiger charge is -2.44. The Bertz CT molecular complexity index is 919. The van der Waals surface area contributed by atoms with E-state index in [9.17, 15) is 14.0 Å². The standard InChI is InChI=1S/C23H26BrFN2O3/c1-15-12-27(16(2)11-26(15)13-18-4-7-20(25)8-5-18)23(29)14-30-22-9-6-19(24)10-21(22)17(3)28/h4-10,15-16H,11-14H2,1-3H3/t15-,16+/m0/s1. The number of ketones is 1. The molecule has 0 aliphatic carbocycles. The Balaban J connectivity index is 1.60. The minimum atomic E-state index is -0.241. The van der Waals surface area contributed by atoms with Gasteiger partial charge in [-0.2, -0.15) is 0 Å². The molecule has 7 heteroatoms. The Hall–Kier alpha value is -2.25. The van der Waals surface area contributed by atoms with Gasteiger partial charge >= 0.3 is 0 Å². The number of ether oxygens (including phenoxy) is 1. The van der Waals surface area contributed by atoms with Crippen molar-refractivity contribution in [2.45, 2.75) is 39.4 Å². The molecule has 160 valence electrons. The first-order valence-electron chi connectivity index (χ1n) is 9.96. The summed E-state index contributed by atoms with van der Waals surface area (Å²) in [6.45, 7) is 7.48. The Labute approximate surface area is 184 Å². The van der Waals surface area contributed by atoms with Crippen LogP contribution < -0.4 is 4.74 Å². The van der Waals surface area contributed by atoms with Crippen molar-refractivity contribution in [1.82, 2.24) is 9.80 Å². The number of carbonyl (C=O) groups is 2. The van der Waals surface area contributed by atoms with E-state index < -0.39 is 0 Å². The molecule has 0 N–H and O–H groups in total. The zero-order valence-electron chi connectivity index (χ0n) is 17.4. The molecule has 2 aromatic carbocycles. The third kappa shape index (κ3) is 5.46. The molecule has 3 rings (SSSR count). The SMILES string of the molecule is CC(=O)c1cc(Br)ccc1OCC(=O)N1C[C@H](C)N(Cc2ccc(F)cc2)C[C@H]1C. The molecule has 1 aliphatic rings. The van der Waals surface area contributed by atoms with Crippen LogP contribution in [0, 0.1) is 5.82 Å². The van der Waals surface area contributed by atoms with Crippen LogP contribution in [-0.4, -0.2) is 53.3 Å². The number of carbonyl (C=O) groups excluding carboxylic acids is 2. The molecule has 1 aliphatic heterocycles. The summed E-state index contributed by atoms with van der Waals surface area (Å²) in [7, 11) is 0. The van der Waals surface area contributed by atoms with E-state index >= 15 is 0 Å². The molecular formula is C23H26BrFN2O3. The number of hydrogen-bond acceptors (Lipinski definition) is 4. The Morgan fingerprint density at radius 3 is 2.47 bits per heavy atom. The van der Waals surface area contributed by atoms with E-state index in [0.29, 0.717) is 24.4 Å². The molecule has 0 bridgehead atoms. The Morgan fingerprint density at radius 1 is 1.10 bits per heavy atom. The zero-order valence-corrected chi connectivity index (χ0v) is 19.0. The lowest BCUT2D eigenvalue weighted by atomic mass is 10.1. The van der Waals surface area contributed by atoms with Crippen molar-refractivity contribution in [1.29, 1.82) is 0 Å². The molecule has 0 saturated carbocycles. The average molecular weight is 477 g/mol. The van der Waals surface area contributed by atoms with Gasteiger partial charge in [0.1, 0.15) is 11.6 Å². The van der Waals surface area contributed by atoms with Crippen LogP contribution in [0.25, 0.3) is 0 Å². The number of benzene rings is 2. The molecule has 1 saturated heterocycles. The molecule has 1 fully saturated rings. The van der Waals surface area contributed by atoms with Gasteiger partial charge in [0.2, 0.25) is 0 Å². The van der Waals surface area contributed by atoms with Gasteiger partial charge in [0.25, 0.3) is 5.91 Å². The van der Waals surface area contributed by atoms with Gasteiger partial charge in [-0.3, -0.25) is 14.5 Å². The first-order valence-corrected chi connectivity index (χ1v) is 10.7. The summed E-state index contributed by atoms with van der Waals surface area (Å²) in [4.78, 5) is 28.8. The van der Waals surface area contributed by atoms with Crippen LogP contribution in [0.2, 0.25) is 0 Å². The molecule has 0 unspecified atom stereocenters.